The lowest BCUT2D eigenvalue weighted by atomic mass is 10.0. The summed E-state index contributed by atoms with van der Waals surface area (Å²) in [7, 11) is 3.35. The molecule has 2 heterocycles. The molecule has 0 saturated carbocycles. The van der Waals surface area contributed by atoms with E-state index >= 15 is 0 Å². The molecule has 7 heteroatoms. The Morgan fingerprint density at radius 3 is 2.82 bits per heavy atom. The number of nitrogen functional groups attached to an aromatic ring is 1. The van der Waals surface area contributed by atoms with Crippen molar-refractivity contribution < 1.29 is 14.3 Å². The fourth-order valence-corrected chi connectivity index (χ4v) is 2.42. The molecule has 0 saturated heterocycles. The number of ether oxygens (including phenoxy) is 1. The van der Waals surface area contributed by atoms with Crippen LogP contribution in [-0.4, -0.2) is 27.0 Å². The second kappa shape index (κ2) is 5.53. The van der Waals surface area contributed by atoms with Crippen molar-refractivity contribution in [1.29, 1.82) is 0 Å². The molecule has 0 fully saturated rings. The molecule has 1 aromatic carbocycles. The number of aliphatic hydroxyl groups is 1. The molecule has 3 rings (SSSR count). The number of nitrogens with two attached hydrogens (primary N) is 1. The Hall–Kier alpha value is -2.80. The molecule has 22 heavy (non-hydrogen) atoms. The van der Waals surface area contributed by atoms with Gasteiger partial charge in [-0.1, -0.05) is 0 Å². The Morgan fingerprint density at radius 2 is 2.23 bits per heavy atom. The van der Waals surface area contributed by atoms with Crippen LogP contribution in [0.3, 0.4) is 0 Å². The van der Waals surface area contributed by atoms with Gasteiger partial charge in [0, 0.05) is 18.2 Å². The molecule has 3 N–H and O–H groups in total. The molecule has 0 bridgehead atoms. The number of rotatable bonds is 4. The zero-order valence-electron chi connectivity index (χ0n) is 12.3. The standard InChI is InChI=1S/C15H16N4O3/c1-19-14(13(16)11(8-20)18-19)10-7-9(3-4-12(10)21-2)15-17-5-6-22-15/h3-7,20H,8,16H2,1-2H3. The van der Waals surface area contributed by atoms with Crippen LogP contribution in [0.25, 0.3) is 22.7 Å². The number of benzene rings is 1. The number of methoxy groups -OCH3 is 1. The van der Waals surface area contributed by atoms with E-state index in [4.69, 9.17) is 14.9 Å². The number of hydrogen-bond donors (Lipinski definition) is 2. The fourth-order valence-electron chi connectivity index (χ4n) is 2.42. The molecule has 114 valence electrons. The lowest BCUT2D eigenvalue weighted by Gasteiger charge is -2.11. The third kappa shape index (κ3) is 2.21. The molecule has 0 aliphatic rings. The average Bonchev–Trinajstić information content (AvgIpc) is 3.15. The lowest BCUT2D eigenvalue weighted by Crippen LogP contribution is -1.98. The summed E-state index contributed by atoms with van der Waals surface area (Å²) in [5.74, 6) is 1.15. The van der Waals surface area contributed by atoms with Crippen molar-refractivity contribution in [3.8, 4) is 28.5 Å². The highest BCUT2D eigenvalue weighted by atomic mass is 16.5. The zero-order chi connectivity index (χ0) is 15.7. The van der Waals surface area contributed by atoms with E-state index in [9.17, 15) is 5.11 Å². The monoisotopic (exact) mass is 300 g/mol. The summed E-state index contributed by atoms with van der Waals surface area (Å²) in [6.45, 7) is -0.221. The smallest absolute Gasteiger partial charge is 0.225 e. The minimum atomic E-state index is -0.221. The Bertz CT molecular complexity index is 793. The SMILES string of the molecule is COc1ccc(-c2ncco2)cc1-c1c(N)c(CO)nn1C. The Labute approximate surface area is 127 Å². The summed E-state index contributed by atoms with van der Waals surface area (Å²) in [6.07, 6.45) is 3.10. The van der Waals surface area contributed by atoms with Crippen molar-refractivity contribution in [3.63, 3.8) is 0 Å². The van der Waals surface area contributed by atoms with Crippen LogP contribution in [-0.2, 0) is 13.7 Å². The van der Waals surface area contributed by atoms with Crippen LogP contribution in [0.1, 0.15) is 5.69 Å². The predicted octanol–water partition coefficient (Wildman–Crippen LogP) is 1.83. The van der Waals surface area contributed by atoms with E-state index in [1.165, 1.54) is 6.26 Å². The summed E-state index contributed by atoms with van der Waals surface area (Å²) in [5, 5.41) is 13.5. The van der Waals surface area contributed by atoms with Gasteiger partial charge in [-0.2, -0.15) is 5.10 Å². The fraction of sp³-hybridized carbons (Fsp3) is 0.200. The number of hydrogen-bond acceptors (Lipinski definition) is 6. The van der Waals surface area contributed by atoms with Gasteiger partial charge in [-0.05, 0) is 18.2 Å². The number of oxazole rings is 1. The van der Waals surface area contributed by atoms with Gasteiger partial charge < -0.3 is 20.0 Å². The van der Waals surface area contributed by atoms with Crippen LogP contribution in [0.2, 0.25) is 0 Å². The molecule has 0 radical (unpaired) electrons. The Morgan fingerprint density at radius 1 is 1.41 bits per heavy atom. The number of anilines is 1. The van der Waals surface area contributed by atoms with Crippen molar-refractivity contribution in [2.75, 3.05) is 12.8 Å². The molecule has 0 aliphatic heterocycles. The van der Waals surface area contributed by atoms with Crippen molar-refractivity contribution in [3.05, 3.63) is 36.4 Å². The summed E-state index contributed by atoms with van der Waals surface area (Å²) < 4.78 is 12.4. The summed E-state index contributed by atoms with van der Waals surface area (Å²) in [4.78, 5) is 4.14. The van der Waals surface area contributed by atoms with Crippen molar-refractivity contribution in [2.24, 2.45) is 7.05 Å². The first-order valence-electron chi connectivity index (χ1n) is 6.66. The minimum Gasteiger partial charge on any atom is -0.496 e. The van der Waals surface area contributed by atoms with Gasteiger partial charge >= 0.3 is 0 Å². The van der Waals surface area contributed by atoms with Gasteiger partial charge in [0.25, 0.3) is 0 Å². The van der Waals surface area contributed by atoms with Crippen LogP contribution in [0, 0.1) is 0 Å². The Balaban J connectivity index is 2.21. The van der Waals surface area contributed by atoms with E-state index in [1.54, 1.807) is 25.0 Å². The maximum absolute atomic E-state index is 9.32. The average molecular weight is 300 g/mol. The van der Waals surface area contributed by atoms with Gasteiger partial charge in [0.1, 0.15) is 17.7 Å². The van der Waals surface area contributed by atoms with Crippen molar-refractivity contribution >= 4 is 5.69 Å². The maximum Gasteiger partial charge on any atom is 0.225 e. The molecule has 7 nitrogen and oxygen atoms in total. The number of aliphatic hydroxyl groups excluding tert-OH is 1. The van der Waals surface area contributed by atoms with E-state index < -0.39 is 0 Å². The molecule has 0 spiro atoms. The summed E-state index contributed by atoms with van der Waals surface area (Å²) >= 11 is 0. The van der Waals surface area contributed by atoms with Crippen LogP contribution in [0.4, 0.5) is 5.69 Å². The molecule has 0 amide bonds. The predicted molar refractivity (Wildman–Crippen MR) is 81.0 cm³/mol. The number of nitrogens with zero attached hydrogens (tertiary/aromatic N) is 3. The number of aryl methyl sites for hydroxylation is 1. The highest BCUT2D eigenvalue weighted by Gasteiger charge is 2.19. The molecule has 3 aromatic rings. The van der Waals surface area contributed by atoms with E-state index in [0.29, 0.717) is 28.7 Å². The van der Waals surface area contributed by atoms with Crippen molar-refractivity contribution in [1.82, 2.24) is 14.8 Å². The molecule has 0 aliphatic carbocycles. The van der Waals surface area contributed by atoms with E-state index in [2.05, 4.69) is 10.1 Å². The zero-order valence-corrected chi connectivity index (χ0v) is 12.3. The van der Waals surface area contributed by atoms with Gasteiger partial charge in [-0.25, -0.2) is 4.98 Å². The molecule has 0 unspecified atom stereocenters. The Kier molecular flexibility index (Phi) is 3.56. The van der Waals surface area contributed by atoms with Crippen LogP contribution in [0.5, 0.6) is 5.75 Å². The van der Waals surface area contributed by atoms with Gasteiger partial charge in [-0.15, -0.1) is 0 Å². The lowest BCUT2D eigenvalue weighted by molar-refractivity contribution is 0.276. The third-order valence-corrected chi connectivity index (χ3v) is 3.44. The van der Waals surface area contributed by atoms with Crippen LogP contribution in [0.15, 0.2) is 35.1 Å². The van der Waals surface area contributed by atoms with Crippen LogP contribution < -0.4 is 10.5 Å². The van der Waals surface area contributed by atoms with Crippen LogP contribution >= 0.6 is 0 Å². The van der Waals surface area contributed by atoms with E-state index in [0.717, 1.165) is 11.1 Å². The molecular formula is C15H16N4O3. The first kappa shape index (κ1) is 14.2. The summed E-state index contributed by atoms with van der Waals surface area (Å²) in [6, 6.07) is 5.55. The van der Waals surface area contributed by atoms with Gasteiger partial charge in [-0.3, -0.25) is 4.68 Å². The van der Waals surface area contributed by atoms with Gasteiger partial charge in [0.15, 0.2) is 0 Å². The highest BCUT2D eigenvalue weighted by Crippen LogP contribution is 2.37. The first-order chi connectivity index (χ1) is 10.7. The normalized spacial score (nSPS) is 10.9. The first-order valence-corrected chi connectivity index (χ1v) is 6.66. The topological polar surface area (TPSA) is 99.3 Å². The molecule has 2 aromatic heterocycles. The maximum atomic E-state index is 9.32. The van der Waals surface area contributed by atoms with Crippen molar-refractivity contribution in [2.45, 2.75) is 6.61 Å². The highest BCUT2D eigenvalue weighted by molar-refractivity contribution is 5.81. The van der Waals surface area contributed by atoms with Gasteiger partial charge in [0.2, 0.25) is 5.89 Å². The third-order valence-electron chi connectivity index (χ3n) is 3.44. The largest absolute Gasteiger partial charge is 0.496 e. The van der Waals surface area contributed by atoms with E-state index in [1.807, 2.05) is 18.2 Å². The van der Waals surface area contributed by atoms with E-state index in [-0.39, 0.29) is 6.61 Å². The minimum absolute atomic E-state index is 0.221. The number of aromatic nitrogens is 3. The second-order valence-corrected chi connectivity index (χ2v) is 4.74. The quantitative estimate of drug-likeness (QED) is 0.762. The molecular weight excluding hydrogens is 284 g/mol. The van der Waals surface area contributed by atoms with Gasteiger partial charge in [0.05, 0.1) is 31.3 Å². The molecule has 0 atom stereocenters. The summed E-state index contributed by atoms with van der Waals surface area (Å²) in [5.41, 5.74) is 9.18. The second-order valence-electron chi connectivity index (χ2n) is 4.74.